The highest BCUT2D eigenvalue weighted by molar-refractivity contribution is 6.31. The number of aromatic nitrogens is 2. The van der Waals surface area contributed by atoms with Gasteiger partial charge in [-0.15, -0.1) is 0 Å². The summed E-state index contributed by atoms with van der Waals surface area (Å²) in [5.74, 6) is 0. The van der Waals surface area contributed by atoms with Crippen LogP contribution in [0.4, 0.5) is 0 Å². The normalized spacial score (nSPS) is 10.7. The zero-order chi connectivity index (χ0) is 15.9. The predicted molar refractivity (Wildman–Crippen MR) is 94.8 cm³/mol. The molecule has 3 rings (SSSR count). The summed E-state index contributed by atoms with van der Waals surface area (Å²) in [6.45, 7) is 0. The minimum Gasteiger partial charge on any atom is -0.264 e. The molecule has 1 aromatic carbocycles. The van der Waals surface area contributed by atoms with E-state index in [2.05, 4.69) is 40.3 Å². The zero-order valence-electron chi connectivity index (χ0n) is 13.0. The summed E-state index contributed by atoms with van der Waals surface area (Å²) in [5, 5.41) is 0.781. The van der Waals surface area contributed by atoms with E-state index in [0.29, 0.717) is 0 Å². The van der Waals surface area contributed by atoms with E-state index in [4.69, 9.17) is 11.6 Å². The first kappa shape index (κ1) is 15.7. The van der Waals surface area contributed by atoms with E-state index in [-0.39, 0.29) is 0 Å². The van der Waals surface area contributed by atoms with Gasteiger partial charge in [-0.3, -0.25) is 9.97 Å². The Labute approximate surface area is 142 Å². The van der Waals surface area contributed by atoms with Gasteiger partial charge < -0.3 is 0 Å². The summed E-state index contributed by atoms with van der Waals surface area (Å²) >= 11 is 6.26. The Morgan fingerprint density at radius 1 is 0.783 bits per heavy atom. The average molecular weight is 323 g/mol. The molecule has 23 heavy (non-hydrogen) atoms. The smallest absolute Gasteiger partial charge is 0.0472 e. The maximum atomic E-state index is 6.26. The Balaban J connectivity index is 1.67. The van der Waals surface area contributed by atoms with Crippen LogP contribution in [0.25, 0.3) is 0 Å². The van der Waals surface area contributed by atoms with Crippen molar-refractivity contribution >= 4 is 11.6 Å². The molecule has 0 bridgehead atoms. The first-order chi connectivity index (χ1) is 11.3. The molecule has 0 amide bonds. The summed E-state index contributed by atoms with van der Waals surface area (Å²) in [4.78, 5) is 8.57. The van der Waals surface area contributed by atoms with E-state index < -0.39 is 0 Å². The molecule has 0 aliphatic rings. The van der Waals surface area contributed by atoms with Gasteiger partial charge in [0.25, 0.3) is 0 Å². The van der Waals surface area contributed by atoms with Gasteiger partial charge in [0.15, 0.2) is 0 Å². The maximum absolute atomic E-state index is 6.26. The third-order valence-electron chi connectivity index (χ3n) is 3.95. The molecule has 0 aliphatic heterocycles. The highest BCUT2D eigenvalue weighted by Crippen LogP contribution is 2.21. The molecule has 2 aromatic heterocycles. The standard InChI is InChI=1S/C20H19ClN2/c21-20-11-13-22-15-18(20)14-17-7-2-1-6-16(17)8-5-10-19-9-3-4-12-23-19/h1-4,6-7,9,11-13,15H,5,8,10,14H2. The van der Waals surface area contributed by atoms with Crippen LogP contribution < -0.4 is 0 Å². The quantitative estimate of drug-likeness (QED) is 0.645. The molecule has 0 saturated heterocycles. The van der Waals surface area contributed by atoms with Gasteiger partial charge in [0.1, 0.15) is 0 Å². The first-order valence-electron chi connectivity index (χ1n) is 7.88. The summed E-state index contributed by atoms with van der Waals surface area (Å²) in [6.07, 6.45) is 9.40. The van der Waals surface area contributed by atoms with Crippen molar-refractivity contribution in [1.82, 2.24) is 9.97 Å². The van der Waals surface area contributed by atoms with E-state index in [0.717, 1.165) is 42.0 Å². The number of benzene rings is 1. The molecule has 0 saturated carbocycles. The minimum atomic E-state index is 0.781. The summed E-state index contributed by atoms with van der Waals surface area (Å²) in [7, 11) is 0. The van der Waals surface area contributed by atoms with Crippen LogP contribution in [0, 0.1) is 0 Å². The van der Waals surface area contributed by atoms with Crippen LogP contribution in [0.2, 0.25) is 5.02 Å². The number of hydrogen-bond donors (Lipinski definition) is 0. The van der Waals surface area contributed by atoms with E-state index in [1.165, 1.54) is 11.1 Å². The third kappa shape index (κ3) is 4.40. The van der Waals surface area contributed by atoms with Crippen LogP contribution in [-0.4, -0.2) is 9.97 Å². The van der Waals surface area contributed by atoms with Crippen LogP contribution in [0.1, 0.15) is 28.8 Å². The molecule has 116 valence electrons. The van der Waals surface area contributed by atoms with Crippen molar-refractivity contribution in [3.63, 3.8) is 0 Å². The highest BCUT2D eigenvalue weighted by atomic mass is 35.5. The highest BCUT2D eigenvalue weighted by Gasteiger charge is 2.06. The second-order valence-electron chi connectivity index (χ2n) is 5.59. The van der Waals surface area contributed by atoms with E-state index >= 15 is 0 Å². The van der Waals surface area contributed by atoms with Gasteiger partial charge in [-0.05, 0) is 54.2 Å². The number of pyridine rings is 2. The van der Waals surface area contributed by atoms with Crippen molar-refractivity contribution < 1.29 is 0 Å². The van der Waals surface area contributed by atoms with Gasteiger partial charge in [0, 0.05) is 35.7 Å². The van der Waals surface area contributed by atoms with E-state index in [9.17, 15) is 0 Å². The minimum absolute atomic E-state index is 0.781. The van der Waals surface area contributed by atoms with Gasteiger partial charge in [-0.25, -0.2) is 0 Å². The number of rotatable bonds is 6. The molecule has 2 heterocycles. The van der Waals surface area contributed by atoms with Crippen molar-refractivity contribution in [1.29, 1.82) is 0 Å². The van der Waals surface area contributed by atoms with Gasteiger partial charge in [0.05, 0.1) is 0 Å². The molecule has 0 atom stereocenters. The van der Waals surface area contributed by atoms with Crippen LogP contribution in [0.15, 0.2) is 67.1 Å². The van der Waals surface area contributed by atoms with Crippen molar-refractivity contribution in [2.45, 2.75) is 25.7 Å². The molecule has 0 fully saturated rings. The van der Waals surface area contributed by atoms with E-state index in [1.54, 1.807) is 6.20 Å². The second-order valence-corrected chi connectivity index (χ2v) is 5.99. The van der Waals surface area contributed by atoms with Crippen LogP contribution >= 0.6 is 11.6 Å². The molecule has 3 heteroatoms. The molecule has 0 unspecified atom stereocenters. The number of halogens is 1. The fourth-order valence-corrected chi connectivity index (χ4v) is 2.90. The van der Waals surface area contributed by atoms with Crippen LogP contribution in [0.5, 0.6) is 0 Å². The molecule has 0 radical (unpaired) electrons. The number of hydrogen-bond acceptors (Lipinski definition) is 2. The Morgan fingerprint density at radius 3 is 2.39 bits per heavy atom. The SMILES string of the molecule is Clc1ccncc1Cc1ccccc1CCCc1ccccn1. The Kier molecular flexibility index (Phi) is 5.38. The van der Waals surface area contributed by atoms with E-state index in [1.807, 2.05) is 30.6 Å². The lowest BCUT2D eigenvalue weighted by atomic mass is 9.96. The van der Waals surface area contributed by atoms with Crippen molar-refractivity contribution in [2.75, 3.05) is 0 Å². The second kappa shape index (κ2) is 7.89. The lowest BCUT2D eigenvalue weighted by Gasteiger charge is -2.10. The molecular weight excluding hydrogens is 304 g/mol. The van der Waals surface area contributed by atoms with Crippen LogP contribution in [-0.2, 0) is 19.3 Å². The number of nitrogens with zero attached hydrogens (tertiary/aromatic N) is 2. The molecule has 0 spiro atoms. The fourth-order valence-electron chi connectivity index (χ4n) is 2.73. The Hall–Kier alpha value is -2.19. The molecule has 0 N–H and O–H groups in total. The zero-order valence-corrected chi connectivity index (χ0v) is 13.7. The topological polar surface area (TPSA) is 25.8 Å². The molecule has 0 aliphatic carbocycles. The molecular formula is C20H19ClN2. The lowest BCUT2D eigenvalue weighted by molar-refractivity contribution is 0.792. The largest absolute Gasteiger partial charge is 0.264 e. The molecule has 3 aromatic rings. The third-order valence-corrected chi connectivity index (χ3v) is 4.32. The predicted octanol–water partition coefficient (Wildman–Crippen LogP) is 4.90. The van der Waals surface area contributed by atoms with Gasteiger partial charge in [-0.1, -0.05) is 41.9 Å². The Bertz CT molecular complexity index is 756. The molecule has 2 nitrogen and oxygen atoms in total. The van der Waals surface area contributed by atoms with Crippen molar-refractivity contribution in [3.8, 4) is 0 Å². The summed E-state index contributed by atoms with van der Waals surface area (Å²) < 4.78 is 0. The maximum Gasteiger partial charge on any atom is 0.0472 e. The van der Waals surface area contributed by atoms with Crippen molar-refractivity contribution in [2.24, 2.45) is 0 Å². The average Bonchev–Trinajstić information content (AvgIpc) is 2.59. The van der Waals surface area contributed by atoms with Gasteiger partial charge in [-0.2, -0.15) is 0 Å². The lowest BCUT2D eigenvalue weighted by Crippen LogP contribution is -1.99. The first-order valence-corrected chi connectivity index (χ1v) is 8.26. The van der Waals surface area contributed by atoms with Crippen LogP contribution in [0.3, 0.4) is 0 Å². The fraction of sp³-hybridized carbons (Fsp3) is 0.200. The number of aryl methyl sites for hydroxylation is 2. The summed E-state index contributed by atoms with van der Waals surface area (Å²) in [5.41, 5.74) is 4.93. The van der Waals surface area contributed by atoms with Gasteiger partial charge >= 0.3 is 0 Å². The van der Waals surface area contributed by atoms with Crippen molar-refractivity contribution in [3.05, 3.63) is 94.5 Å². The summed E-state index contributed by atoms with van der Waals surface area (Å²) in [6, 6.07) is 16.5. The van der Waals surface area contributed by atoms with Gasteiger partial charge in [0.2, 0.25) is 0 Å². The monoisotopic (exact) mass is 322 g/mol. The Morgan fingerprint density at radius 2 is 1.61 bits per heavy atom.